The first-order valence-corrected chi connectivity index (χ1v) is 12.5. The van der Waals surface area contributed by atoms with E-state index in [1.807, 2.05) is 36.4 Å². The monoisotopic (exact) mass is 441 g/mol. The van der Waals surface area contributed by atoms with E-state index >= 15 is 0 Å². The van der Waals surface area contributed by atoms with Crippen LogP contribution in [0.25, 0.3) is 0 Å². The first kappa shape index (κ1) is 21.8. The second-order valence-corrected chi connectivity index (χ2v) is 10.5. The number of carbonyl (C=O) groups excluding carboxylic acids is 1. The van der Waals surface area contributed by atoms with Gasteiger partial charge < -0.3 is 10.2 Å². The first-order valence-electron chi connectivity index (χ1n) is 11.1. The van der Waals surface area contributed by atoms with Gasteiger partial charge in [-0.3, -0.25) is 9.10 Å². The Labute approximate surface area is 185 Å². The zero-order chi connectivity index (χ0) is 21.8. The van der Waals surface area contributed by atoms with Gasteiger partial charge in [-0.1, -0.05) is 30.3 Å². The van der Waals surface area contributed by atoms with Crippen molar-refractivity contribution >= 4 is 21.6 Å². The van der Waals surface area contributed by atoms with Crippen molar-refractivity contribution in [1.29, 1.82) is 0 Å². The molecule has 0 unspecified atom stereocenters. The van der Waals surface area contributed by atoms with Crippen LogP contribution in [-0.2, 0) is 27.7 Å². The Bertz CT molecular complexity index is 1010. The molecule has 1 saturated heterocycles. The fourth-order valence-corrected chi connectivity index (χ4v) is 5.96. The largest absolute Gasteiger partial charge is 0.353 e. The maximum absolute atomic E-state index is 13.2. The molecule has 4 rings (SSSR count). The predicted octanol–water partition coefficient (Wildman–Crippen LogP) is 2.97. The van der Waals surface area contributed by atoms with Crippen LogP contribution in [0, 0.1) is 0 Å². The van der Waals surface area contributed by atoms with Crippen LogP contribution in [0.4, 0.5) is 5.69 Å². The maximum atomic E-state index is 13.2. The molecule has 2 aliphatic heterocycles. The van der Waals surface area contributed by atoms with E-state index in [0.717, 1.165) is 55.6 Å². The van der Waals surface area contributed by atoms with Gasteiger partial charge in [-0.2, -0.15) is 0 Å². The number of para-hydroxylation sites is 1. The molecule has 6 nitrogen and oxygen atoms in total. The normalized spacial score (nSPS) is 17.9. The second-order valence-electron chi connectivity index (χ2n) is 8.60. The average molecular weight is 442 g/mol. The Morgan fingerprint density at radius 2 is 1.74 bits per heavy atom. The highest BCUT2D eigenvalue weighted by Gasteiger charge is 2.28. The van der Waals surface area contributed by atoms with Crippen LogP contribution in [0.1, 0.15) is 36.8 Å². The molecule has 2 aliphatic rings. The third kappa shape index (κ3) is 5.10. The van der Waals surface area contributed by atoms with Crippen molar-refractivity contribution in [3.63, 3.8) is 0 Å². The summed E-state index contributed by atoms with van der Waals surface area (Å²) in [6.07, 6.45) is 4.73. The van der Waals surface area contributed by atoms with Gasteiger partial charge in [0.2, 0.25) is 5.91 Å². The molecule has 2 aromatic carbocycles. The zero-order valence-corrected chi connectivity index (χ0v) is 18.9. The molecule has 0 radical (unpaired) electrons. The number of rotatable bonds is 6. The molecule has 2 heterocycles. The molecule has 0 spiro atoms. The van der Waals surface area contributed by atoms with Gasteiger partial charge in [0, 0.05) is 19.0 Å². The fourth-order valence-electron chi connectivity index (χ4n) is 4.41. The van der Waals surface area contributed by atoms with E-state index in [9.17, 15) is 13.2 Å². The van der Waals surface area contributed by atoms with Crippen LogP contribution in [0.3, 0.4) is 0 Å². The Kier molecular flexibility index (Phi) is 6.62. The number of benzene rings is 2. The Morgan fingerprint density at radius 1 is 1.03 bits per heavy atom. The molecular formula is C24H31N3O3S. The molecule has 0 atom stereocenters. The van der Waals surface area contributed by atoms with Gasteiger partial charge in [-0.15, -0.1) is 0 Å². The van der Waals surface area contributed by atoms with Crippen molar-refractivity contribution in [3.8, 4) is 0 Å². The molecule has 0 saturated carbocycles. The van der Waals surface area contributed by atoms with Crippen molar-refractivity contribution in [2.45, 2.75) is 49.5 Å². The Balaban J connectivity index is 1.36. The number of fused-ring (bicyclic) bond motifs is 1. The number of hydrogen-bond donors (Lipinski definition) is 1. The highest BCUT2D eigenvalue weighted by atomic mass is 32.2. The van der Waals surface area contributed by atoms with E-state index in [1.165, 1.54) is 4.31 Å². The zero-order valence-electron chi connectivity index (χ0n) is 18.1. The van der Waals surface area contributed by atoms with Gasteiger partial charge >= 0.3 is 0 Å². The molecule has 0 aromatic heterocycles. The standard InChI is InChI=1S/C24H31N3O3S/c1-26-17-14-21(15-18-26)25-24(28)13-10-19-8-11-22(12-9-19)31(29,30)27-16-4-6-20-5-2-3-7-23(20)27/h2-3,5,7-9,11-12,21H,4,6,10,13-18H2,1H3,(H,25,28). The van der Waals surface area contributed by atoms with Gasteiger partial charge in [0.15, 0.2) is 0 Å². The third-order valence-electron chi connectivity index (χ3n) is 6.30. The third-order valence-corrected chi connectivity index (χ3v) is 8.13. The van der Waals surface area contributed by atoms with Crippen molar-refractivity contribution < 1.29 is 13.2 Å². The van der Waals surface area contributed by atoms with Crippen LogP contribution in [-0.4, -0.2) is 51.9 Å². The van der Waals surface area contributed by atoms with E-state index in [2.05, 4.69) is 17.3 Å². The number of amides is 1. The molecule has 0 aliphatic carbocycles. The maximum Gasteiger partial charge on any atom is 0.264 e. The fraction of sp³-hybridized carbons (Fsp3) is 0.458. The predicted molar refractivity (Wildman–Crippen MR) is 123 cm³/mol. The summed E-state index contributed by atoms with van der Waals surface area (Å²) >= 11 is 0. The minimum absolute atomic E-state index is 0.0659. The minimum Gasteiger partial charge on any atom is -0.353 e. The average Bonchev–Trinajstić information content (AvgIpc) is 2.79. The lowest BCUT2D eigenvalue weighted by Gasteiger charge is -2.30. The van der Waals surface area contributed by atoms with Crippen LogP contribution in [0.15, 0.2) is 53.4 Å². The molecule has 1 amide bonds. The van der Waals surface area contributed by atoms with E-state index in [1.54, 1.807) is 12.1 Å². The van der Waals surface area contributed by atoms with Gasteiger partial charge in [0.1, 0.15) is 0 Å². The van der Waals surface area contributed by atoms with Crippen molar-refractivity contribution in [2.75, 3.05) is 31.0 Å². The van der Waals surface area contributed by atoms with Crippen molar-refractivity contribution in [1.82, 2.24) is 10.2 Å². The number of anilines is 1. The lowest BCUT2D eigenvalue weighted by molar-refractivity contribution is -0.122. The quantitative estimate of drug-likeness (QED) is 0.748. The number of aryl methyl sites for hydroxylation is 2. The summed E-state index contributed by atoms with van der Waals surface area (Å²) in [4.78, 5) is 14.9. The molecule has 166 valence electrons. The number of likely N-dealkylation sites (tertiary alicyclic amines) is 1. The van der Waals surface area contributed by atoms with Gasteiger partial charge in [-0.25, -0.2) is 8.42 Å². The molecular weight excluding hydrogens is 410 g/mol. The Hall–Kier alpha value is -2.38. The number of nitrogens with zero attached hydrogens (tertiary/aromatic N) is 2. The molecule has 1 fully saturated rings. The highest BCUT2D eigenvalue weighted by Crippen LogP contribution is 2.31. The number of sulfonamides is 1. The SMILES string of the molecule is CN1CCC(NC(=O)CCc2ccc(S(=O)(=O)N3CCCc4ccccc43)cc2)CC1. The number of hydrogen-bond acceptors (Lipinski definition) is 4. The van der Waals surface area contributed by atoms with Crippen molar-refractivity contribution in [2.24, 2.45) is 0 Å². The highest BCUT2D eigenvalue weighted by molar-refractivity contribution is 7.92. The van der Waals surface area contributed by atoms with E-state index < -0.39 is 10.0 Å². The molecule has 2 aromatic rings. The summed E-state index contributed by atoms with van der Waals surface area (Å²) in [7, 11) is -1.49. The molecule has 1 N–H and O–H groups in total. The Morgan fingerprint density at radius 3 is 2.48 bits per heavy atom. The van der Waals surface area contributed by atoms with E-state index in [0.29, 0.717) is 24.3 Å². The lowest BCUT2D eigenvalue weighted by Crippen LogP contribution is -2.43. The van der Waals surface area contributed by atoms with Gasteiger partial charge in [0.05, 0.1) is 10.6 Å². The summed E-state index contributed by atoms with van der Waals surface area (Å²) in [5.41, 5.74) is 2.82. The summed E-state index contributed by atoms with van der Waals surface area (Å²) < 4.78 is 28.0. The molecule has 31 heavy (non-hydrogen) atoms. The molecule has 7 heteroatoms. The minimum atomic E-state index is -3.60. The first-order chi connectivity index (χ1) is 14.9. The number of carbonyl (C=O) groups is 1. The van der Waals surface area contributed by atoms with Crippen LogP contribution < -0.4 is 9.62 Å². The topological polar surface area (TPSA) is 69.7 Å². The number of piperidine rings is 1. The van der Waals surface area contributed by atoms with Crippen LogP contribution >= 0.6 is 0 Å². The summed E-state index contributed by atoms with van der Waals surface area (Å²) in [6, 6.07) is 15.0. The van der Waals surface area contributed by atoms with E-state index in [-0.39, 0.29) is 11.9 Å². The summed E-state index contributed by atoms with van der Waals surface area (Å²) in [5.74, 6) is 0.0659. The van der Waals surface area contributed by atoms with Gasteiger partial charge in [-0.05, 0) is 81.6 Å². The lowest BCUT2D eigenvalue weighted by atomic mass is 10.0. The molecule has 0 bridgehead atoms. The smallest absolute Gasteiger partial charge is 0.264 e. The van der Waals surface area contributed by atoms with Gasteiger partial charge in [0.25, 0.3) is 10.0 Å². The second kappa shape index (κ2) is 9.40. The van der Waals surface area contributed by atoms with Crippen LogP contribution in [0.2, 0.25) is 0 Å². The van der Waals surface area contributed by atoms with Crippen LogP contribution in [0.5, 0.6) is 0 Å². The number of nitrogens with one attached hydrogen (secondary N) is 1. The summed E-state index contributed by atoms with van der Waals surface area (Å²) in [6.45, 7) is 2.53. The van der Waals surface area contributed by atoms with E-state index in [4.69, 9.17) is 0 Å². The van der Waals surface area contributed by atoms with Crippen molar-refractivity contribution in [3.05, 3.63) is 59.7 Å². The summed E-state index contributed by atoms with van der Waals surface area (Å²) in [5, 5.41) is 3.13.